The van der Waals surface area contributed by atoms with Crippen LogP contribution in [0, 0.1) is 0 Å². The minimum Gasteiger partial charge on any atom is -0.484 e. The van der Waals surface area contributed by atoms with Gasteiger partial charge in [-0.3, -0.25) is 4.79 Å². The van der Waals surface area contributed by atoms with E-state index in [0.717, 1.165) is 24.2 Å². The molecule has 28 heavy (non-hydrogen) atoms. The highest BCUT2D eigenvalue weighted by Crippen LogP contribution is 2.50. The molecule has 1 aromatic heterocycles. The maximum Gasteiger partial charge on any atom is 0.264 e. The molecule has 2 aromatic carbocycles. The fourth-order valence-corrected chi connectivity index (χ4v) is 3.77. The molecule has 2 fully saturated rings. The van der Waals surface area contributed by atoms with E-state index < -0.39 is 0 Å². The summed E-state index contributed by atoms with van der Waals surface area (Å²) in [5, 5.41) is 4.08. The van der Waals surface area contributed by atoms with Crippen molar-refractivity contribution in [2.75, 3.05) is 13.1 Å². The molecule has 142 valence electrons. The number of rotatable bonds is 6. The number of nitrogens with zero attached hydrogens (tertiary/aromatic N) is 3. The normalized spacial score (nSPS) is 17.8. The fourth-order valence-electron chi connectivity index (χ4n) is 3.77. The monoisotopic (exact) mass is 375 g/mol. The summed E-state index contributed by atoms with van der Waals surface area (Å²) in [5.41, 5.74) is 0.821. The highest BCUT2D eigenvalue weighted by molar-refractivity contribution is 5.92. The van der Waals surface area contributed by atoms with Crippen LogP contribution in [-0.4, -0.2) is 34.0 Å². The van der Waals surface area contributed by atoms with Crippen LogP contribution in [-0.2, 0) is 16.8 Å². The molecule has 6 nitrogen and oxygen atoms in total. The highest BCUT2D eigenvalue weighted by Gasteiger charge is 2.54. The van der Waals surface area contributed by atoms with Crippen molar-refractivity contribution < 1.29 is 14.1 Å². The van der Waals surface area contributed by atoms with E-state index >= 15 is 0 Å². The number of carbonyl (C=O) groups is 1. The number of hydrogen-bond donors (Lipinski definition) is 0. The second-order valence-corrected chi connectivity index (χ2v) is 7.50. The molecule has 0 radical (unpaired) electrons. The fraction of sp³-hybridized carbons (Fsp3) is 0.318. The first-order valence-corrected chi connectivity index (χ1v) is 9.60. The van der Waals surface area contributed by atoms with Gasteiger partial charge in [0.1, 0.15) is 5.75 Å². The Morgan fingerprint density at radius 3 is 2.43 bits per heavy atom. The van der Waals surface area contributed by atoms with Crippen LogP contribution in [0.2, 0.25) is 0 Å². The Morgan fingerprint density at radius 2 is 1.75 bits per heavy atom. The SMILES string of the molecule is O=C(N1CC(c2noc(COc3ccccc3)n2)C1)C1(c2ccccc2)CC1. The molecule has 0 atom stereocenters. The van der Waals surface area contributed by atoms with E-state index in [-0.39, 0.29) is 23.8 Å². The van der Waals surface area contributed by atoms with Crippen molar-refractivity contribution in [3.8, 4) is 5.75 Å². The van der Waals surface area contributed by atoms with E-state index in [1.54, 1.807) is 0 Å². The zero-order chi connectivity index (χ0) is 19.0. The van der Waals surface area contributed by atoms with Gasteiger partial charge < -0.3 is 14.2 Å². The molecule has 3 aromatic rings. The van der Waals surface area contributed by atoms with E-state index in [4.69, 9.17) is 9.26 Å². The third-order valence-corrected chi connectivity index (χ3v) is 5.61. The molecule has 1 amide bonds. The largest absolute Gasteiger partial charge is 0.484 e. The molecule has 6 heteroatoms. The third kappa shape index (κ3) is 3.05. The molecule has 1 aliphatic heterocycles. The second-order valence-electron chi connectivity index (χ2n) is 7.50. The Hall–Kier alpha value is -3.15. The predicted octanol–water partition coefficient (Wildman–Crippen LogP) is 3.31. The average molecular weight is 375 g/mol. The number of aromatic nitrogens is 2. The lowest BCUT2D eigenvalue weighted by Crippen LogP contribution is -2.52. The Bertz CT molecular complexity index is 961. The lowest BCUT2D eigenvalue weighted by Gasteiger charge is -2.39. The topological polar surface area (TPSA) is 68.5 Å². The summed E-state index contributed by atoms with van der Waals surface area (Å²) in [4.78, 5) is 19.3. The summed E-state index contributed by atoms with van der Waals surface area (Å²) in [7, 11) is 0. The molecule has 5 rings (SSSR count). The van der Waals surface area contributed by atoms with Gasteiger partial charge in [-0.05, 0) is 30.5 Å². The molecule has 2 aliphatic rings. The third-order valence-electron chi connectivity index (χ3n) is 5.61. The van der Waals surface area contributed by atoms with E-state index in [2.05, 4.69) is 22.3 Å². The minimum absolute atomic E-state index is 0.129. The first-order chi connectivity index (χ1) is 13.7. The van der Waals surface area contributed by atoms with Crippen molar-refractivity contribution in [2.45, 2.75) is 30.8 Å². The van der Waals surface area contributed by atoms with Crippen LogP contribution in [0.1, 0.15) is 36.0 Å². The van der Waals surface area contributed by atoms with Gasteiger partial charge in [-0.2, -0.15) is 4.98 Å². The zero-order valence-electron chi connectivity index (χ0n) is 15.5. The highest BCUT2D eigenvalue weighted by atomic mass is 16.5. The van der Waals surface area contributed by atoms with Crippen LogP contribution in [0.15, 0.2) is 65.2 Å². The van der Waals surface area contributed by atoms with Crippen molar-refractivity contribution >= 4 is 5.91 Å². The van der Waals surface area contributed by atoms with Crippen LogP contribution in [0.3, 0.4) is 0 Å². The summed E-state index contributed by atoms with van der Waals surface area (Å²) < 4.78 is 10.9. The van der Waals surface area contributed by atoms with Gasteiger partial charge in [0.15, 0.2) is 12.4 Å². The summed E-state index contributed by atoms with van der Waals surface area (Å²) in [6.07, 6.45) is 1.86. The van der Waals surface area contributed by atoms with Crippen LogP contribution >= 0.6 is 0 Å². The summed E-state index contributed by atoms with van der Waals surface area (Å²) in [6, 6.07) is 19.6. The maximum absolute atomic E-state index is 13.0. The second kappa shape index (κ2) is 6.78. The van der Waals surface area contributed by atoms with Crippen molar-refractivity contribution in [1.29, 1.82) is 0 Å². The first-order valence-electron chi connectivity index (χ1n) is 9.60. The molecule has 0 unspecified atom stereocenters. The van der Waals surface area contributed by atoms with Gasteiger partial charge in [-0.25, -0.2) is 0 Å². The molecule has 2 heterocycles. The molecule has 0 bridgehead atoms. The molecular formula is C22H21N3O3. The van der Waals surface area contributed by atoms with Gasteiger partial charge in [0.2, 0.25) is 5.91 Å². The molecule has 0 N–H and O–H groups in total. The standard InChI is InChI=1S/C22H21N3O3/c26-21(22(11-12-22)17-7-3-1-4-8-17)25-13-16(14-25)20-23-19(28-24-20)15-27-18-9-5-2-6-10-18/h1-10,16H,11-15H2. The average Bonchev–Trinajstić information content (AvgIpc) is 3.40. The predicted molar refractivity (Wildman–Crippen MR) is 102 cm³/mol. The maximum atomic E-state index is 13.0. The van der Waals surface area contributed by atoms with Gasteiger partial charge in [0, 0.05) is 13.1 Å². The zero-order valence-corrected chi connectivity index (χ0v) is 15.5. The molecule has 1 saturated carbocycles. The number of amides is 1. The van der Waals surface area contributed by atoms with E-state index in [0.29, 0.717) is 24.8 Å². The number of ether oxygens (including phenoxy) is 1. The molecular weight excluding hydrogens is 354 g/mol. The number of hydrogen-bond acceptors (Lipinski definition) is 5. The summed E-state index contributed by atoms with van der Waals surface area (Å²) in [6.45, 7) is 1.53. The van der Waals surface area contributed by atoms with Crippen LogP contribution in [0.4, 0.5) is 0 Å². The molecule has 1 saturated heterocycles. The smallest absolute Gasteiger partial charge is 0.264 e. The van der Waals surface area contributed by atoms with Crippen molar-refractivity contribution in [2.24, 2.45) is 0 Å². The lowest BCUT2D eigenvalue weighted by atomic mass is 9.90. The number of likely N-dealkylation sites (tertiary alicyclic amines) is 1. The number of para-hydroxylation sites is 1. The Labute approximate surface area is 163 Å². The van der Waals surface area contributed by atoms with Crippen LogP contribution < -0.4 is 4.74 Å². The summed E-state index contributed by atoms with van der Waals surface area (Å²) >= 11 is 0. The first kappa shape index (κ1) is 17.0. The Balaban J connectivity index is 1.18. The van der Waals surface area contributed by atoms with Crippen LogP contribution in [0.5, 0.6) is 5.75 Å². The number of benzene rings is 2. The Kier molecular flexibility index (Phi) is 4.11. The van der Waals surface area contributed by atoms with Gasteiger partial charge in [0.25, 0.3) is 5.89 Å². The van der Waals surface area contributed by atoms with E-state index in [9.17, 15) is 4.79 Å². The number of carbonyl (C=O) groups excluding carboxylic acids is 1. The lowest BCUT2D eigenvalue weighted by molar-refractivity contribution is -0.138. The molecule has 1 aliphatic carbocycles. The van der Waals surface area contributed by atoms with Gasteiger partial charge in [0.05, 0.1) is 11.3 Å². The molecule has 0 spiro atoms. The van der Waals surface area contributed by atoms with Crippen molar-refractivity contribution in [3.05, 3.63) is 77.9 Å². The van der Waals surface area contributed by atoms with Gasteiger partial charge >= 0.3 is 0 Å². The summed E-state index contributed by atoms with van der Waals surface area (Å²) in [5.74, 6) is 2.22. The quantitative estimate of drug-likeness (QED) is 0.661. The van der Waals surface area contributed by atoms with E-state index in [1.165, 1.54) is 0 Å². The van der Waals surface area contributed by atoms with Gasteiger partial charge in [-0.15, -0.1) is 0 Å². The minimum atomic E-state index is -0.307. The van der Waals surface area contributed by atoms with Crippen LogP contribution in [0.25, 0.3) is 0 Å². The van der Waals surface area contributed by atoms with Gasteiger partial charge in [-0.1, -0.05) is 53.7 Å². The van der Waals surface area contributed by atoms with Crippen molar-refractivity contribution in [1.82, 2.24) is 15.0 Å². The van der Waals surface area contributed by atoms with Crippen molar-refractivity contribution in [3.63, 3.8) is 0 Å². The Morgan fingerprint density at radius 1 is 1.07 bits per heavy atom. The van der Waals surface area contributed by atoms with E-state index in [1.807, 2.05) is 53.4 Å².